The number of hydrogen-bond acceptors (Lipinski definition) is 7. The van der Waals surface area contributed by atoms with E-state index in [1.165, 1.54) is 25.9 Å². The molecule has 3 fully saturated rings. The summed E-state index contributed by atoms with van der Waals surface area (Å²) < 4.78 is 0. The van der Waals surface area contributed by atoms with Gasteiger partial charge in [-0.3, -0.25) is 29.4 Å². The van der Waals surface area contributed by atoms with Gasteiger partial charge in [0.05, 0.1) is 11.1 Å². The number of nitrogens with zero attached hydrogens (tertiary/aromatic N) is 3. The van der Waals surface area contributed by atoms with E-state index >= 15 is 0 Å². The fraction of sp³-hybridized carbons (Fsp3) is 0.545. The number of fused-ring (bicyclic) bond motifs is 1. The topological polar surface area (TPSA) is 102 Å². The Balaban J connectivity index is 0.000000407. The number of benzene rings is 1. The molecule has 166 valence electrons. The van der Waals surface area contributed by atoms with Crippen LogP contribution in [0.2, 0.25) is 0 Å². The Kier molecular flexibility index (Phi) is 6.33. The highest BCUT2D eigenvalue weighted by Crippen LogP contribution is 2.30. The molecule has 4 heterocycles. The number of amides is 4. The molecule has 1 atom stereocenters. The van der Waals surface area contributed by atoms with Crippen molar-refractivity contribution in [2.24, 2.45) is 0 Å². The van der Waals surface area contributed by atoms with Crippen molar-refractivity contribution >= 4 is 29.3 Å². The second kappa shape index (κ2) is 9.15. The summed E-state index contributed by atoms with van der Waals surface area (Å²) in [7, 11) is 2.07. The van der Waals surface area contributed by atoms with Gasteiger partial charge in [-0.1, -0.05) is 0 Å². The lowest BCUT2D eigenvalue weighted by atomic mass is 10.0. The minimum absolute atomic E-state index is 0.121. The monoisotopic (exact) mass is 427 g/mol. The second-order valence-corrected chi connectivity index (χ2v) is 8.42. The summed E-state index contributed by atoms with van der Waals surface area (Å²) in [5.74, 6) is -1.89. The smallest absolute Gasteiger partial charge is 0.262 e. The molecule has 0 saturated carbocycles. The quantitative estimate of drug-likeness (QED) is 0.651. The highest BCUT2D eigenvalue weighted by molar-refractivity contribution is 6.23. The number of piperidine rings is 1. The van der Waals surface area contributed by atoms with E-state index in [1.807, 2.05) is 6.07 Å². The van der Waals surface area contributed by atoms with Gasteiger partial charge in [0.15, 0.2) is 0 Å². The third kappa shape index (κ3) is 4.47. The van der Waals surface area contributed by atoms with Gasteiger partial charge in [-0.2, -0.15) is 0 Å². The van der Waals surface area contributed by atoms with Crippen molar-refractivity contribution in [1.82, 2.24) is 20.4 Å². The number of imide groups is 2. The van der Waals surface area contributed by atoms with Crippen molar-refractivity contribution in [3.05, 3.63) is 29.3 Å². The zero-order valence-corrected chi connectivity index (χ0v) is 17.9. The molecule has 3 saturated heterocycles. The number of anilines is 1. The first-order valence-corrected chi connectivity index (χ1v) is 11.0. The fourth-order valence-electron chi connectivity index (χ4n) is 4.35. The van der Waals surface area contributed by atoms with Crippen molar-refractivity contribution in [2.75, 3.05) is 51.2 Å². The summed E-state index contributed by atoms with van der Waals surface area (Å²) in [5, 5.41) is 5.43. The second-order valence-electron chi connectivity index (χ2n) is 8.42. The summed E-state index contributed by atoms with van der Waals surface area (Å²) in [6.07, 6.45) is 3.07. The number of nitrogens with one attached hydrogen (secondary N) is 2. The Morgan fingerprint density at radius 1 is 0.903 bits per heavy atom. The average Bonchev–Trinajstić information content (AvgIpc) is 3.42. The molecule has 9 nitrogen and oxygen atoms in total. The third-order valence-electron chi connectivity index (χ3n) is 6.25. The van der Waals surface area contributed by atoms with Crippen molar-refractivity contribution in [3.63, 3.8) is 0 Å². The van der Waals surface area contributed by atoms with Gasteiger partial charge < -0.3 is 15.1 Å². The summed E-state index contributed by atoms with van der Waals surface area (Å²) in [6, 6.07) is 4.33. The number of piperazine rings is 1. The molecule has 0 spiro atoms. The molecule has 0 bridgehead atoms. The molecule has 4 amide bonds. The van der Waals surface area contributed by atoms with Crippen LogP contribution in [0.5, 0.6) is 0 Å². The van der Waals surface area contributed by atoms with E-state index in [4.69, 9.17) is 0 Å². The number of likely N-dealkylation sites (N-methyl/N-ethyl adjacent to an activating group) is 1. The number of carbonyl (C=O) groups is 4. The molecule has 4 aliphatic rings. The van der Waals surface area contributed by atoms with E-state index in [0.717, 1.165) is 36.8 Å². The predicted molar refractivity (Wildman–Crippen MR) is 115 cm³/mol. The molecule has 0 aromatic heterocycles. The van der Waals surface area contributed by atoms with Crippen molar-refractivity contribution in [1.29, 1.82) is 0 Å². The summed E-state index contributed by atoms with van der Waals surface area (Å²) >= 11 is 0. The van der Waals surface area contributed by atoms with Gasteiger partial charge in [0.1, 0.15) is 6.04 Å². The van der Waals surface area contributed by atoms with Gasteiger partial charge in [-0.25, -0.2) is 0 Å². The summed E-state index contributed by atoms with van der Waals surface area (Å²) in [5.41, 5.74) is 1.55. The molecular weight excluding hydrogens is 398 g/mol. The van der Waals surface area contributed by atoms with Crippen LogP contribution < -0.4 is 15.5 Å². The maximum atomic E-state index is 12.8. The molecular formula is C22H29N5O4. The minimum atomic E-state index is -0.924. The zero-order valence-electron chi connectivity index (χ0n) is 17.9. The van der Waals surface area contributed by atoms with Gasteiger partial charge in [0, 0.05) is 38.3 Å². The maximum absolute atomic E-state index is 12.8. The maximum Gasteiger partial charge on any atom is 0.262 e. The summed E-state index contributed by atoms with van der Waals surface area (Å²) in [6.45, 7) is 6.08. The third-order valence-corrected chi connectivity index (χ3v) is 6.25. The standard InChI is InChI=1S/C18H20N4O4.C4H9N/c1-20-6-8-21(9-7-20)11-2-3-12-13(10-11)18(26)22(17(12)25)14-4-5-15(23)19-16(14)24;1-2-4-5-3-1/h2-3,10,14H,4-9H2,1H3,(H,19,23,24);5H,1-4H2. The largest absolute Gasteiger partial charge is 0.369 e. The van der Waals surface area contributed by atoms with Gasteiger partial charge in [-0.15, -0.1) is 0 Å². The van der Waals surface area contributed by atoms with Crippen LogP contribution in [-0.2, 0) is 9.59 Å². The van der Waals surface area contributed by atoms with E-state index < -0.39 is 23.8 Å². The number of rotatable bonds is 2. The first kappa shape index (κ1) is 21.5. The molecule has 0 aliphatic carbocycles. The predicted octanol–water partition coefficient (Wildman–Crippen LogP) is 0.209. The van der Waals surface area contributed by atoms with Gasteiger partial charge >= 0.3 is 0 Å². The minimum Gasteiger partial charge on any atom is -0.369 e. The Bertz CT molecular complexity index is 882. The van der Waals surface area contributed by atoms with Gasteiger partial charge in [0.2, 0.25) is 11.8 Å². The van der Waals surface area contributed by atoms with Gasteiger partial charge in [0.25, 0.3) is 11.8 Å². The molecule has 0 radical (unpaired) electrons. The Morgan fingerprint density at radius 2 is 1.58 bits per heavy atom. The van der Waals surface area contributed by atoms with E-state index in [2.05, 4.69) is 27.5 Å². The van der Waals surface area contributed by atoms with E-state index in [9.17, 15) is 19.2 Å². The zero-order chi connectivity index (χ0) is 22.0. The molecule has 5 rings (SSSR count). The Morgan fingerprint density at radius 3 is 2.19 bits per heavy atom. The highest BCUT2D eigenvalue weighted by atomic mass is 16.2. The van der Waals surface area contributed by atoms with Crippen molar-refractivity contribution in [3.8, 4) is 0 Å². The molecule has 1 aromatic rings. The number of carbonyl (C=O) groups excluding carboxylic acids is 4. The lowest BCUT2D eigenvalue weighted by Gasteiger charge is -2.34. The normalized spacial score (nSPS) is 24.1. The molecule has 1 unspecified atom stereocenters. The van der Waals surface area contributed by atoms with Crippen LogP contribution in [0.25, 0.3) is 0 Å². The van der Waals surface area contributed by atoms with Crippen molar-refractivity contribution in [2.45, 2.75) is 31.7 Å². The fourth-order valence-corrected chi connectivity index (χ4v) is 4.35. The van der Waals surface area contributed by atoms with E-state index in [0.29, 0.717) is 11.1 Å². The molecule has 1 aromatic carbocycles. The molecule has 4 aliphatic heterocycles. The van der Waals surface area contributed by atoms with Gasteiger partial charge in [-0.05, 0) is 57.6 Å². The van der Waals surface area contributed by atoms with Crippen LogP contribution in [0.1, 0.15) is 46.4 Å². The summed E-state index contributed by atoms with van der Waals surface area (Å²) in [4.78, 5) is 54.4. The lowest BCUT2D eigenvalue weighted by molar-refractivity contribution is -0.136. The lowest BCUT2D eigenvalue weighted by Crippen LogP contribution is -2.54. The molecule has 2 N–H and O–H groups in total. The van der Waals surface area contributed by atoms with Crippen molar-refractivity contribution < 1.29 is 19.2 Å². The molecule has 9 heteroatoms. The highest BCUT2D eigenvalue weighted by Gasteiger charge is 2.44. The van der Waals surface area contributed by atoms with Crippen LogP contribution in [0.15, 0.2) is 18.2 Å². The van der Waals surface area contributed by atoms with Crippen LogP contribution in [0.3, 0.4) is 0 Å². The van der Waals surface area contributed by atoms with Crippen LogP contribution in [-0.4, -0.2) is 85.8 Å². The van der Waals surface area contributed by atoms with Crippen LogP contribution in [0, 0.1) is 0 Å². The van der Waals surface area contributed by atoms with Crippen LogP contribution in [0.4, 0.5) is 5.69 Å². The number of hydrogen-bond donors (Lipinski definition) is 2. The van der Waals surface area contributed by atoms with E-state index in [1.54, 1.807) is 12.1 Å². The first-order valence-electron chi connectivity index (χ1n) is 11.0. The van der Waals surface area contributed by atoms with Crippen LogP contribution >= 0.6 is 0 Å². The Hall–Kier alpha value is -2.78. The average molecular weight is 428 g/mol. The SMILES string of the molecule is C1CCNC1.CN1CCN(c2ccc3c(c2)C(=O)N(C2CCC(=O)NC2=O)C3=O)CC1. The Labute approximate surface area is 181 Å². The molecule has 31 heavy (non-hydrogen) atoms. The first-order chi connectivity index (χ1) is 15.0. The van der Waals surface area contributed by atoms with E-state index in [-0.39, 0.29) is 18.7 Å².